The van der Waals surface area contributed by atoms with Gasteiger partial charge in [0.15, 0.2) is 11.6 Å². The number of hydrogen-bond acceptors (Lipinski definition) is 2. The molecular formula is C15H21FO2. The van der Waals surface area contributed by atoms with Crippen molar-refractivity contribution in [3.05, 3.63) is 29.6 Å². The van der Waals surface area contributed by atoms with Gasteiger partial charge in [0.2, 0.25) is 0 Å². The third-order valence-corrected chi connectivity index (χ3v) is 3.90. The average Bonchev–Trinajstić information content (AvgIpc) is 2.89. The molecule has 1 aliphatic carbocycles. The Morgan fingerprint density at radius 1 is 1.39 bits per heavy atom. The van der Waals surface area contributed by atoms with Crippen LogP contribution >= 0.6 is 0 Å². The van der Waals surface area contributed by atoms with E-state index in [1.165, 1.54) is 32.8 Å². The Balaban J connectivity index is 1.97. The number of rotatable bonds is 5. The molecule has 18 heavy (non-hydrogen) atoms. The fraction of sp³-hybridized carbons (Fsp3) is 0.600. The van der Waals surface area contributed by atoms with Crippen molar-refractivity contribution < 1.29 is 14.2 Å². The maximum absolute atomic E-state index is 13.9. The fourth-order valence-electron chi connectivity index (χ4n) is 2.79. The van der Waals surface area contributed by atoms with Gasteiger partial charge in [-0.3, -0.25) is 0 Å². The van der Waals surface area contributed by atoms with E-state index in [0.717, 1.165) is 6.42 Å². The first-order valence-corrected chi connectivity index (χ1v) is 6.73. The van der Waals surface area contributed by atoms with Crippen LogP contribution in [0.3, 0.4) is 0 Å². The van der Waals surface area contributed by atoms with Crippen LogP contribution in [0.1, 0.15) is 50.2 Å². The maximum Gasteiger partial charge on any atom is 0.170 e. The molecule has 0 heterocycles. The molecule has 1 aromatic rings. The summed E-state index contributed by atoms with van der Waals surface area (Å²) in [5, 5.41) is 10.1. The van der Waals surface area contributed by atoms with Gasteiger partial charge in [0.05, 0.1) is 13.2 Å². The van der Waals surface area contributed by atoms with Crippen LogP contribution in [0.5, 0.6) is 5.75 Å². The molecule has 1 saturated carbocycles. The van der Waals surface area contributed by atoms with E-state index in [1.54, 1.807) is 18.2 Å². The molecule has 0 aliphatic heterocycles. The predicted molar refractivity (Wildman–Crippen MR) is 69.1 cm³/mol. The van der Waals surface area contributed by atoms with Crippen molar-refractivity contribution in [2.75, 3.05) is 7.11 Å². The van der Waals surface area contributed by atoms with Crippen LogP contribution in [0.25, 0.3) is 0 Å². The summed E-state index contributed by atoms with van der Waals surface area (Å²) in [6, 6.07) is 4.93. The number of aliphatic hydroxyl groups excluding tert-OH is 1. The molecule has 3 heteroatoms. The maximum atomic E-state index is 13.9. The largest absolute Gasteiger partial charge is 0.494 e. The number of benzene rings is 1. The van der Waals surface area contributed by atoms with Gasteiger partial charge in [0.1, 0.15) is 0 Å². The van der Waals surface area contributed by atoms with E-state index in [-0.39, 0.29) is 5.75 Å². The smallest absolute Gasteiger partial charge is 0.170 e. The summed E-state index contributed by atoms with van der Waals surface area (Å²) in [7, 11) is 1.44. The lowest BCUT2D eigenvalue weighted by molar-refractivity contribution is 0.151. The Morgan fingerprint density at radius 3 is 2.78 bits per heavy atom. The molecule has 1 fully saturated rings. The number of methoxy groups -OCH3 is 1. The van der Waals surface area contributed by atoms with Crippen molar-refractivity contribution in [2.45, 2.75) is 44.6 Å². The summed E-state index contributed by atoms with van der Waals surface area (Å²) >= 11 is 0. The highest BCUT2D eigenvalue weighted by atomic mass is 19.1. The van der Waals surface area contributed by atoms with E-state index in [2.05, 4.69) is 0 Å². The van der Waals surface area contributed by atoms with Gasteiger partial charge in [-0.05, 0) is 24.8 Å². The summed E-state index contributed by atoms with van der Waals surface area (Å²) in [6.07, 6.45) is 6.01. The van der Waals surface area contributed by atoms with Crippen LogP contribution in [0.4, 0.5) is 4.39 Å². The van der Waals surface area contributed by atoms with Crippen molar-refractivity contribution in [2.24, 2.45) is 5.92 Å². The van der Waals surface area contributed by atoms with Crippen molar-refractivity contribution in [3.8, 4) is 5.75 Å². The highest BCUT2D eigenvalue weighted by Crippen LogP contribution is 2.33. The van der Waals surface area contributed by atoms with Crippen molar-refractivity contribution in [1.29, 1.82) is 0 Å². The second-order valence-electron chi connectivity index (χ2n) is 5.11. The van der Waals surface area contributed by atoms with Crippen LogP contribution in [0, 0.1) is 11.7 Å². The van der Waals surface area contributed by atoms with Crippen molar-refractivity contribution in [1.82, 2.24) is 0 Å². The zero-order valence-corrected chi connectivity index (χ0v) is 10.9. The van der Waals surface area contributed by atoms with Gasteiger partial charge in [-0.2, -0.15) is 0 Å². The molecule has 1 aliphatic rings. The molecule has 1 aromatic carbocycles. The molecular weight excluding hydrogens is 231 g/mol. The molecule has 100 valence electrons. The van der Waals surface area contributed by atoms with E-state index in [4.69, 9.17) is 4.74 Å². The zero-order chi connectivity index (χ0) is 13.0. The van der Waals surface area contributed by atoms with E-state index >= 15 is 0 Å². The minimum absolute atomic E-state index is 0.201. The molecule has 1 N–H and O–H groups in total. The zero-order valence-electron chi connectivity index (χ0n) is 10.9. The number of aliphatic hydroxyl groups is 1. The molecule has 2 nitrogen and oxygen atoms in total. The molecule has 1 atom stereocenters. The lowest BCUT2D eigenvalue weighted by atomic mass is 9.96. The third-order valence-electron chi connectivity index (χ3n) is 3.90. The normalized spacial score (nSPS) is 17.9. The molecule has 0 bridgehead atoms. The molecule has 0 aromatic heterocycles. The van der Waals surface area contributed by atoms with Gasteiger partial charge in [-0.25, -0.2) is 4.39 Å². The molecule has 0 radical (unpaired) electrons. The minimum Gasteiger partial charge on any atom is -0.494 e. The third kappa shape index (κ3) is 3.02. The highest BCUT2D eigenvalue weighted by Gasteiger charge is 2.20. The van der Waals surface area contributed by atoms with Crippen LogP contribution in [-0.4, -0.2) is 12.2 Å². The van der Waals surface area contributed by atoms with Gasteiger partial charge in [-0.15, -0.1) is 0 Å². The first-order valence-electron chi connectivity index (χ1n) is 6.73. The van der Waals surface area contributed by atoms with Gasteiger partial charge >= 0.3 is 0 Å². The lowest BCUT2D eigenvalue weighted by Crippen LogP contribution is -2.05. The topological polar surface area (TPSA) is 29.5 Å². The van der Waals surface area contributed by atoms with Crippen LogP contribution in [-0.2, 0) is 0 Å². The van der Waals surface area contributed by atoms with E-state index < -0.39 is 11.9 Å². The lowest BCUT2D eigenvalue weighted by Gasteiger charge is -2.15. The van der Waals surface area contributed by atoms with Crippen LogP contribution in [0.15, 0.2) is 18.2 Å². The predicted octanol–water partition coefficient (Wildman–Crippen LogP) is 3.84. The van der Waals surface area contributed by atoms with E-state index in [9.17, 15) is 9.50 Å². The van der Waals surface area contributed by atoms with E-state index in [0.29, 0.717) is 17.9 Å². The first-order chi connectivity index (χ1) is 8.72. The number of ether oxygens (including phenoxy) is 1. The summed E-state index contributed by atoms with van der Waals surface area (Å²) in [5.74, 6) is 0.486. The summed E-state index contributed by atoms with van der Waals surface area (Å²) in [4.78, 5) is 0. The Morgan fingerprint density at radius 2 is 2.11 bits per heavy atom. The SMILES string of the molecule is COc1cccc(C(O)CCC2CCCC2)c1F. The highest BCUT2D eigenvalue weighted by molar-refractivity contribution is 5.32. The van der Waals surface area contributed by atoms with E-state index in [1.807, 2.05) is 0 Å². The average molecular weight is 252 g/mol. The van der Waals surface area contributed by atoms with Gasteiger partial charge < -0.3 is 9.84 Å². The molecule has 0 amide bonds. The Hall–Kier alpha value is -1.09. The minimum atomic E-state index is -0.722. The Kier molecular flexibility index (Phi) is 4.59. The molecule has 0 saturated heterocycles. The summed E-state index contributed by atoms with van der Waals surface area (Å²) in [5.41, 5.74) is 0.354. The Labute approximate surface area is 108 Å². The molecule has 2 rings (SSSR count). The monoisotopic (exact) mass is 252 g/mol. The molecule has 1 unspecified atom stereocenters. The second kappa shape index (κ2) is 6.19. The van der Waals surface area contributed by atoms with Crippen LogP contribution < -0.4 is 4.74 Å². The second-order valence-corrected chi connectivity index (χ2v) is 5.11. The van der Waals surface area contributed by atoms with Crippen molar-refractivity contribution >= 4 is 0 Å². The van der Waals surface area contributed by atoms with Gasteiger partial charge in [0, 0.05) is 5.56 Å². The van der Waals surface area contributed by atoms with Gasteiger partial charge in [-0.1, -0.05) is 37.8 Å². The summed E-state index contributed by atoms with van der Waals surface area (Å²) < 4.78 is 18.9. The first kappa shape index (κ1) is 13.3. The van der Waals surface area contributed by atoms with Gasteiger partial charge in [0.25, 0.3) is 0 Å². The number of hydrogen-bond donors (Lipinski definition) is 1. The summed E-state index contributed by atoms with van der Waals surface area (Å²) in [6.45, 7) is 0. The quantitative estimate of drug-likeness (QED) is 0.862. The molecule has 0 spiro atoms. The Bertz CT molecular complexity index is 386. The van der Waals surface area contributed by atoms with Crippen LogP contribution in [0.2, 0.25) is 0 Å². The fourth-order valence-corrected chi connectivity index (χ4v) is 2.79. The standard InChI is InChI=1S/C15H21FO2/c1-18-14-8-4-7-12(15(14)16)13(17)10-9-11-5-2-3-6-11/h4,7-8,11,13,17H,2-3,5-6,9-10H2,1H3. The number of halogens is 1. The van der Waals surface area contributed by atoms with Crippen molar-refractivity contribution in [3.63, 3.8) is 0 Å².